The first-order valence-corrected chi connectivity index (χ1v) is 5.56. The third-order valence-corrected chi connectivity index (χ3v) is 3.13. The van der Waals surface area contributed by atoms with Crippen LogP contribution in [-0.4, -0.2) is 13.7 Å². The van der Waals surface area contributed by atoms with Gasteiger partial charge in [0.05, 0.1) is 16.6 Å². The Labute approximate surface area is 97.7 Å². The van der Waals surface area contributed by atoms with Crippen molar-refractivity contribution in [2.75, 3.05) is 13.7 Å². The van der Waals surface area contributed by atoms with E-state index >= 15 is 0 Å². The second kappa shape index (κ2) is 5.05. The van der Waals surface area contributed by atoms with E-state index in [1.54, 1.807) is 25.3 Å². The van der Waals surface area contributed by atoms with E-state index in [1.807, 2.05) is 6.92 Å². The zero-order valence-electron chi connectivity index (χ0n) is 8.89. The summed E-state index contributed by atoms with van der Waals surface area (Å²) in [6.07, 6.45) is 0.619. The number of benzene rings is 1. The maximum Gasteiger partial charge on any atom is 0.142 e. The van der Waals surface area contributed by atoms with Crippen LogP contribution in [0, 0.1) is 5.82 Å². The van der Waals surface area contributed by atoms with Gasteiger partial charge in [-0.2, -0.15) is 0 Å². The van der Waals surface area contributed by atoms with Crippen molar-refractivity contribution in [1.82, 2.24) is 0 Å². The van der Waals surface area contributed by atoms with Crippen LogP contribution in [0.25, 0.3) is 0 Å². The number of hydrogen-bond acceptors (Lipinski definition) is 2. The zero-order valence-corrected chi connectivity index (χ0v) is 10.5. The molecule has 1 aromatic rings. The molecule has 1 unspecified atom stereocenters. The van der Waals surface area contributed by atoms with Crippen LogP contribution in [0.4, 0.5) is 4.39 Å². The summed E-state index contributed by atoms with van der Waals surface area (Å²) >= 11 is 3.15. The van der Waals surface area contributed by atoms with E-state index in [1.165, 1.54) is 0 Å². The standard InChI is InChI=1S/C11H15BrFNO/c1-3-11(14,7-15-2)8-5-4-6-9(12)10(8)13/h4-6H,3,7,14H2,1-2H3. The molecule has 0 aliphatic carbocycles. The molecular formula is C11H15BrFNO. The highest BCUT2D eigenvalue weighted by molar-refractivity contribution is 9.10. The molecule has 0 bridgehead atoms. The first-order chi connectivity index (χ1) is 7.05. The van der Waals surface area contributed by atoms with Crippen molar-refractivity contribution in [3.8, 4) is 0 Å². The van der Waals surface area contributed by atoms with Gasteiger partial charge in [0.2, 0.25) is 0 Å². The van der Waals surface area contributed by atoms with Crippen LogP contribution in [0.5, 0.6) is 0 Å². The molecule has 2 N–H and O–H groups in total. The molecule has 15 heavy (non-hydrogen) atoms. The molecule has 0 aliphatic rings. The van der Waals surface area contributed by atoms with E-state index in [0.29, 0.717) is 23.1 Å². The lowest BCUT2D eigenvalue weighted by Gasteiger charge is -2.28. The molecule has 0 amide bonds. The molecule has 0 radical (unpaired) electrons. The van der Waals surface area contributed by atoms with Crippen LogP contribution in [0.2, 0.25) is 0 Å². The monoisotopic (exact) mass is 275 g/mol. The van der Waals surface area contributed by atoms with Gasteiger partial charge in [0, 0.05) is 12.7 Å². The van der Waals surface area contributed by atoms with Crippen LogP contribution < -0.4 is 5.73 Å². The van der Waals surface area contributed by atoms with Gasteiger partial charge >= 0.3 is 0 Å². The largest absolute Gasteiger partial charge is 0.382 e. The highest BCUT2D eigenvalue weighted by Crippen LogP contribution is 2.28. The minimum atomic E-state index is -0.761. The van der Waals surface area contributed by atoms with Crippen LogP contribution >= 0.6 is 15.9 Å². The van der Waals surface area contributed by atoms with Gasteiger partial charge in [-0.3, -0.25) is 0 Å². The van der Waals surface area contributed by atoms with Gasteiger partial charge in [0.25, 0.3) is 0 Å². The van der Waals surface area contributed by atoms with Crippen LogP contribution in [0.15, 0.2) is 22.7 Å². The number of hydrogen-bond donors (Lipinski definition) is 1. The van der Waals surface area contributed by atoms with E-state index in [0.717, 1.165) is 0 Å². The Bertz CT molecular complexity index is 345. The molecule has 1 atom stereocenters. The lowest BCUT2D eigenvalue weighted by atomic mass is 9.89. The number of nitrogens with two attached hydrogens (primary N) is 1. The van der Waals surface area contributed by atoms with E-state index in [-0.39, 0.29) is 5.82 Å². The normalized spacial score (nSPS) is 15.0. The van der Waals surface area contributed by atoms with Crippen molar-refractivity contribution in [3.05, 3.63) is 34.1 Å². The predicted octanol–water partition coefficient (Wildman–Crippen LogP) is 2.80. The Balaban J connectivity index is 3.17. The smallest absolute Gasteiger partial charge is 0.142 e. The third kappa shape index (κ3) is 2.56. The van der Waals surface area contributed by atoms with Gasteiger partial charge in [-0.05, 0) is 28.4 Å². The fraction of sp³-hybridized carbons (Fsp3) is 0.455. The molecule has 0 spiro atoms. The lowest BCUT2D eigenvalue weighted by molar-refractivity contribution is 0.127. The minimum absolute atomic E-state index is 0.302. The van der Waals surface area contributed by atoms with Crippen LogP contribution in [0.3, 0.4) is 0 Å². The van der Waals surface area contributed by atoms with E-state index in [2.05, 4.69) is 15.9 Å². The van der Waals surface area contributed by atoms with Gasteiger partial charge in [-0.25, -0.2) is 4.39 Å². The van der Waals surface area contributed by atoms with E-state index in [4.69, 9.17) is 10.5 Å². The molecular weight excluding hydrogens is 261 g/mol. The van der Waals surface area contributed by atoms with Crippen molar-refractivity contribution in [1.29, 1.82) is 0 Å². The number of halogens is 2. The predicted molar refractivity (Wildman–Crippen MR) is 62.1 cm³/mol. The summed E-state index contributed by atoms with van der Waals surface area (Å²) in [4.78, 5) is 0. The molecule has 1 rings (SSSR count). The number of rotatable bonds is 4. The van der Waals surface area contributed by atoms with E-state index in [9.17, 15) is 4.39 Å². The van der Waals surface area contributed by atoms with Gasteiger partial charge in [0.15, 0.2) is 0 Å². The summed E-state index contributed by atoms with van der Waals surface area (Å²) in [6.45, 7) is 2.22. The quantitative estimate of drug-likeness (QED) is 0.917. The maximum atomic E-state index is 13.8. The SMILES string of the molecule is CCC(N)(COC)c1cccc(Br)c1F. The van der Waals surface area contributed by atoms with Crippen molar-refractivity contribution in [3.63, 3.8) is 0 Å². The number of ether oxygens (including phenoxy) is 1. The lowest BCUT2D eigenvalue weighted by Crippen LogP contribution is -2.41. The molecule has 2 nitrogen and oxygen atoms in total. The Kier molecular flexibility index (Phi) is 4.25. The first-order valence-electron chi connectivity index (χ1n) is 4.77. The third-order valence-electron chi connectivity index (χ3n) is 2.52. The van der Waals surface area contributed by atoms with Gasteiger partial charge < -0.3 is 10.5 Å². The molecule has 0 saturated carbocycles. The van der Waals surface area contributed by atoms with Crippen LogP contribution in [-0.2, 0) is 10.3 Å². The molecule has 0 aliphatic heterocycles. The minimum Gasteiger partial charge on any atom is -0.382 e. The summed E-state index contributed by atoms with van der Waals surface area (Å²) in [5.41, 5.74) is 5.84. The van der Waals surface area contributed by atoms with Gasteiger partial charge in [-0.15, -0.1) is 0 Å². The average molecular weight is 276 g/mol. The summed E-state index contributed by atoms with van der Waals surface area (Å²) in [5.74, 6) is -0.307. The summed E-state index contributed by atoms with van der Waals surface area (Å²) in [6, 6.07) is 5.12. The summed E-state index contributed by atoms with van der Waals surface area (Å²) < 4.78 is 19.3. The molecule has 1 aromatic carbocycles. The Morgan fingerprint density at radius 3 is 2.73 bits per heavy atom. The Morgan fingerprint density at radius 2 is 2.20 bits per heavy atom. The molecule has 0 aromatic heterocycles. The zero-order chi connectivity index (χ0) is 11.5. The van der Waals surface area contributed by atoms with Gasteiger partial charge in [-0.1, -0.05) is 19.1 Å². The summed E-state index contributed by atoms with van der Waals surface area (Å²) in [7, 11) is 1.56. The van der Waals surface area contributed by atoms with Crippen molar-refractivity contribution < 1.29 is 9.13 Å². The van der Waals surface area contributed by atoms with Crippen molar-refractivity contribution >= 4 is 15.9 Å². The van der Waals surface area contributed by atoms with Crippen molar-refractivity contribution in [2.24, 2.45) is 5.73 Å². The Morgan fingerprint density at radius 1 is 1.53 bits per heavy atom. The molecule has 0 heterocycles. The van der Waals surface area contributed by atoms with Crippen molar-refractivity contribution in [2.45, 2.75) is 18.9 Å². The summed E-state index contributed by atoms with van der Waals surface area (Å²) in [5, 5.41) is 0. The second-order valence-electron chi connectivity index (χ2n) is 3.54. The number of methoxy groups -OCH3 is 1. The molecule has 0 fully saturated rings. The van der Waals surface area contributed by atoms with Gasteiger partial charge in [0.1, 0.15) is 5.82 Å². The second-order valence-corrected chi connectivity index (χ2v) is 4.40. The van der Waals surface area contributed by atoms with E-state index < -0.39 is 5.54 Å². The topological polar surface area (TPSA) is 35.2 Å². The fourth-order valence-electron chi connectivity index (χ4n) is 1.52. The highest BCUT2D eigenvalue weighted by Gasteiger charge is 2.29. The highest BCUT2D eigenvalue weighted by atomic mass is 79.9. The Hall–Kier alpha value is -0.450. The fourth-order valence-corrected chi connectivity index (χ4v) is 1.88. The average Bonchev–Trinajstić information content (AvgIpc) is 2.22. The molecule has 84 valence electrons. The first kappa shape index (κ1) is 12.6. The molecule has 4 heteroatoms. The maximum absolute atomic E-state index is 13.8. The molecule has 0 saturated heterocycles. The van der Waals surface area contributed by atoms with Crippen LogP contribution in [0.1, 0.15) is 18.9 Å².